The van der Waals surface area contributed by atoms with E-state index in [9.17, 15) is 0 Å². The maximum atomic E-state index is 4.62. The van der Waals surface area contributed by atoms with E-state index in [1.165, 1.54) is 4.90 Å². The first kappa shape index (κ1) is 15.3. The van der Waals surface area contributed by atoms with E-state index < -0.39 is 0 Å². The Morgan fingerprint density at radius 3 is 2.50 bits per heavy atom. The van der Waals surface area contributed by atoms with Crippen LogP contribution in [-0.2, 0) is 0 Å². The molecule has 0 bridgehead atoms. The van der Waals surface area contributed by atoms with Gasteiger partial charge in [0.1, 0.15) is 5.82 Å². The summed E-state index contributed by atoms with van der Waals surface area (Å²) in [6.07, 6.45) is 3.13. The molecule has 2 aromatic rings. The number of hydrogen-bond acceptors (Lipinski definition) is 4. The fourth-order valence-corrected chi connectivity index (χ4v) is 2.51. The summed E-state index contributed by atoms with van der Waals surface area (Å²) in [5.41, 5.74) is 1.99. The van der Waals surface area contributed by atoms with Crippen molar-refractivity contribution in [2.45, 2.75) is 25.2 Å². The van der Waals surface area contributed by atoms with Crippen molar-refractivity contribution in [2.75, 3.05) is 18.1 Å². The largest absolute Gasteiger partial charge is 0.369 e. The van der Waals surface area contributed by atoms with E-state index in [4.69, 9.17) is 0 Å². The lowest BCUT2D eigenvalue weighted by Gasteiger charge is -2.11. The molecule has 5 heteroatoms. The second-order valence-corrected chi connectivity index (χ2v) is 6.12. The third kappa shape index (κ3) is 3.52. The van der Waals surface area contributed by atoms with E-state index in [1.807, 2.05) is 6.92 Å². The third-order valence-electron chi connectivity index (χ3n) is 2.91. The van der Waals surface area contributed by atoms with Crippen molar-refractivity contribution in [3.05, 3.63) is 34.4 Å². The minimum atomic E-state index is 0.761. The predicted octanol–water partition coefficient (Wildman–Crippen LogP) is 4.76. The van der Waals surface area contributed by atoms with Gasteiger partial charge in [-0.3, -0.25) is 0 Å². The van der Waals surface area contributed by atoms with Gasteiger partial charge in [0.15, 0.2) is 5.82 Å². The van der Waals surface area contributed by atoms with E-state index in [2.05, 4.69) is 68.7 Å². The van der Waals surface area contributed by atoms with Gasteiger partial charge in [-0.15, -0.1) is 11.8 Å². The first-order valence-electron chi connectivity index (χ1n) is 6.58. The van der Waals surface area contributed by atoms with Crippen LogP contribution in [0.2, 0.25) is 0 Å². The molecule has 0 amide bonds. The molecule has 1 N–H and O–H groups in total. The molecule has 0 saturated heterocycles. The van der Waals surface area contributed by atoms with Gasteiger partial charge in [-0.25, -0.2) is 9.97 Å². The molecular weight excluding hydrogens is 334 g/mol. The molecule has 0 fully saturated rings. The monoisotopic (exact) mass is 351 g/mol. The average Bonchev–Trinajstić information content (AvgIpc) is 2.48. The second-order valence-electron chi connectivity index (χ2n) is 4.45. The molecule has 0 aliphatic rings. The zero-order valence-electron chi connectivity index (χ0n) is 11.9. The molecule has 3 nitrogen and oxygen atoms in total. The van der Waals surface area contributed by atoms with Crippen LogP contribution in [0.5, 0.6) is 0 Å². The molecule has 1 aromatic heterocycles. The van der Waals surface area contributed by atoms with Crippen LogP contribution in [0.3, 0.4) is 0 Å². The number of thioether (sulfide) groups is 1. The maximum absolute atomic E-state index is 4.62. The Labute approximate surface area is 132 Å². The van der Waals surface area contributed by atoms with Gasteiger partial charge in [-0.2, -0.15) is 0 Å². The van der Waals surface area contributed by atoms with Crippen molar-refractivity contribution in [1.82, 2.24) is 9.97 Å². The molecule has 1 heterocycles. The fraction of sp³-hybridized carbons (Fsp3) is 0.333. The molecule has 0 aliphatic heterocycles. The van der Waals surface area contributed by atoms with E-state index in [0.29, 0.717) is 0 Å². The van der Waals surface area contributed by atoms with Crippen LogP contribution in [-0.4, -0.2) is 22.8 Å². The molecule has 20 heavy (non-hydrogen) atoms. The van der Waals surface area contributed by atoms with Crippen molar-refractivity contribution in [3.8, 4) is 11.4 Å². The molecular formula is C15H18BrN3S. The number of hydrogen-bond donors (Lipinski definition) is 1. The molecule has 106 valence electrons. The quantitative estimate of drug-likeness (QED) is 0.788. The number of benzene rings is 1. The zero-order chi connectivity index (χ0) is 14.5. The highest BCUT2D eigenvalue weighted by Gasteiger charge is 2.10. The Morgan fingerprint density at radius 2 is 1.90 bits per heavy atom. The first-order valence-corrected chi connectivity index (χ1v) is 8.60. The Hall–Kier alpha value is -1.07. The van der Waals surface area contributed by atoms with E-state index in [1.54, 1.807) is 11.8 Å². The van der Waals surface area contributed by atoms with Crippen LogP contribution in [0.25, 0.3) is 11.4 Å². The van der Waals surface area contributed by atoms with Gasteiger partial charge in [-0.05, 0) is 47.7 Å². The third-order valence-corrected chi connectivity index (χ3v) is 4.60. The summed E-state index contributed by atoms with van der Waals surface area (Å²) in [7, 11) is 0. The van der Waals surface area contributed by atoms with Crippen molar-refractivity contribution in [3.63, 3.8) is 0 Å². The highest BCUT2D eigenvalue weighted by molar-refractivity contribution is 9.10. The number of nitrogens with one attached hydrogen (secondary N) is 1. The number of aryl methyl sites for hydroxylation is 1. The van der Waals surface area contributed by atoms with E-state index in [0.717, 1.165) is 40.3 Å². The summed E-state index contributed by atoms with van der Waals surface area (Å²) in [4.78, 5) is 10.4. The van der Waals surface area contributed by atoms with Crippen molar-refractivity contribution in [2.24, 2.45) is 0 Å². The first-order chi connectivity index (χ1) is 9.65. The lowest BCUT2D eigenvalue weighted by atomic mass is 10.2. The summed E-state index contributed by atoms with van der Waals surface area (Å²) in [5.74, 6) is 1.63. The SMILES string of the molecule is CCCNc1nc(-c2ccc(SC)cc2)nc(C)c1Br. The fourth-order valence-electron chi connectivity index (χ4n) is 1.79. The Kier molecular flexibility index (Phi) is 5.43. The van der Waals surface area contributed by atoms with Crippen LogP contribution < -0.4 is 5.32 Å². The molecule has 1 aromatic carbocycles. The zero-order valence-corrected chi connectivity index (χ0v) is 14.3. The van der Waals surface area contributed by atoms with Gasteiger partial charge in [0.05, 0.1) is 10.2 Å². The van der Waals surface area contributed by atoms with Gasteiger partial charge in [0, 0.05) is 17.0 Å². The van der Waals surface area contributed by atoms with Crippen molar-refractivity contribution < 1.29 is 0 Å². The van der Waals surface area contributed by atoms with Gasteiger partial charge >= 0.3 is 0 Å². The topological polar surface area (TPSA) is 37.8 Å². The molecule has 0 atom stereocenters. The van der Waals surface area contributed by atoms with Crippen LogP contribution in [0.15, 0.2) is 33.6 Å². The maximum Gasteiger partial charge on any atom is 0.161 e. The summed E-state index contributed by atoms with van der Waals surface area (Å²) < 4.78 is 0.940. The molecule has 0 aliphatic carbocycles. The number of halogens is 1. The molecule has 0 unspecified atom stereocenters. The molecule has 0 spiro atoms. The lowest BCUT2D eigenvalue weighted by molar-refractivity contribution is 0.958. The number of aromatic nitrogens is 2. The minimum Gasteiger partial charge on any atom is -0.369 e. The lowest BCUT2D eigenvalue weighted by Crippen LogP contribution is -2.06. The molecule has 2 rings (SSSR count). The second kappa shape index (κ2) is 7.09. The predicted molar refractivity (Wildman–Crippen MR) is 90.5 cm³/mol. The van der Waals surface area contributed by atoms with Crippen molar-refractivity contribution in [1.29, 1.82) is 0 Å². The number of rotatable bonds is 5. The van der Waals surface area contributed by atoms with Crippen LogP contribution in [0.1, 0.15) is 19.0 Å². The summed E-state index contributed by atoms with van der Waals surface area (Å²) in [5, 5.41) is 3.33. The Bertz CT molecular complexity index is 584. The highest BCUT2D eigenvalue weighted by Crippen LogP contribution is 2.27. The van der Waals surface area contributed by atoms with E-state index >= 15 is 0 Å². The average molecular weight is 352 g/mol. The van der Waals surface area contributed by atoms with Crippen LogP contribution in [0, 0.1) is 6.92 Å². The van der Waals surface area contributed by atoms with Gasteiger partial charge in [-0.1, -0.05) is 19.1 Å². The number of nitrogens with zero attached hydrogens (tertiary/aromatic N) is 2. The molecule has 0 saturated carbocycles. The standard InChI is InChI=1S/C15H18BrN3S/c1-4-9-17-15-13(16)10(2)18-14(19-15)11-5-7-12(20-3)8-6-11/h5-8H,4,9H2,1-3H3,(H,17,18,19). The molecule has 0 radical (unpaired) electrons. The Morgan fingerprint density at radius 1 is 1.20 bits per heavy atom. The van der Waals surface area contributed by atoms with Crippen LogP contribution >= 0.6 is 27.7 Å². The summed E-state index contributed by atoms with van der Waals surface area (Å²) >= 11 is 5.28. The van der Waals surface area contributed by atoms with Gasteiger partial charge in [0.2, 0.25) is 0 Å². The highest BCUT2D eigenvalue weighted by atomic mass is 79.9. The van der Waals surface area contributed by atoms with Gasteiger partial charge < -0.3 is 5.32 Å². The minimum absolute atomic E-state index is 0.761. The summed E-state index contributed by atoms with van der Waals surface area (Å²) in [6, 6.07) is 8.33. The van der Waals surface area contributed by atoms with Crippen molar-refractivity contribution >= 4 is 33.5 Å². The van der Waals surface area contributed by atoms with E-state index in [-0.39, 0.29) is 0 Å². The van der Waals surface area contributed by atoms with Crippen LogP contribution in [0.4, 0.5) is 5.82 Å². The smallest absolute Gasteiger partial charge is 0.161 e. The Balaban J connectivity index is 2.37. The van der Waals surface area contributed by atoms with Gasteiger partial charge in [0.25, 0.3) is 0 Å². The summed E-state index contributed by atoms with van der Waals surface area (Å²) in [6.45, 7) is 5.03. The number of anilines is 1. The normalized spacial score (nSPS) is 10.6.